The summed E-state index contributed by atoms with van der Waals surface area (Å²) < 4.78 is 73.2. The van der Waals surface area contributed by atoms with Gasteiger partial charge >= 0.3 is 0 Å². The minimum Gasteiger partial charge on any atom is -0.744 e. The second kappa shape index (κ2) is 19.4. The van der Waals surface area contributed by atoms with Crippen LogP contribution >= 0.6 is 0 Å². The Morgan fingerprint density at radius 2 is 1.48 bits per heavy atom. The maximum Gasteiger partial charge on any atom is 0.209 e. The van der Waals surface area contributed by atoms with E-state index < -0.39 is 30.8 Å². The van der Waals surface area contributed by atoms with Gasteiger partial charge in [0.1, 0.15) is 21.6 Å². The molecule has 14 heteroatoms. The van der Waals surface area contributed by atoms with E-state index in [1.54, 1.807) is 18.2 Å². The van der Waals surface area contributed by atoms with Crippen LogP contribution in [0, 0.1) is 0 Å². The number of fused-ring (bicyclic) bond motifs is 2. The first-order valence-electron chi connectivity index (χ1n) is 23.0. The second-order valence-corrected chi connectivity index (χ2v) is 24.7. The normalized spacial score (nSPS) is 19.7. The average molecular weight is 939 g/mol. The number of hydrogen-bond acceptors (Lipinski definition) is 7. The predicted molar refractivity (Wildman–Crippen MR) is 263 cm³/mol. The molecule has 12 nitrogen and oxygen atoms in total. The lowest BCUT2D eigenvalue weighted by Crippen LogP contribution is -2.36. The van der Waals surface area contributed by atoms with Crippen LogP contribution in [-0.4, -0.2) is 115 Å². The number of ether oxygens (including phenoxy) is 1. The van der Waals surface area contributed by atoms with Crippen LogP contribution in [-0.2, 0) is 37.2 Å². The summed E-state index contributed by atoms with van der Waals surface area (Å²) in [6, 6.07) is 18.3. The van der Waals surface area contributed by atoms with E-state index in [9.17, 15) is 21.4 Å². The Morgan fingerprint density at radius 1 is 0.833 bits per heavy atom. The van der Waals surface area contributed by atoms with Gasteiger partial charge in [-0.3, -0.25) is 0 Å². The Morgan fingerprint density at radius 3 is 2.12 bits per heavy atom. The molecule has 1 unspecified atom stereocenters. The molecule has 6 rings (SSSR count). The van der Waals surface area contributed by atoms with Gasteiger partial charge < -0.3 is 18.3 Å². The summed E-state index contributed by atoms with van der Waals surface area (Å²) in [4.78, 5) is 2.99. The summed E-state index contributed by atoms with van der Waals surface area (Å²) in [6.07, 6.45) is 15.9. The van der Waals surface area contributed by atoms with Crippen molar-refractivity contribution in [3.05, 3.63) is 140 Å². The zero-order chi connectivity index (χ0) is 48.5. The molecule has 1 heterocycles. The van der Waals surface area contributed by atoms with Crippen LogP contribution < -0.4 is 4.74 Å². The first-order chi connectivity index (χ1) is 30.7. The maximum absolute atomic E-state index is 12.8. The van der Waals surface area contributed by atoms with Crippen molar-refractivity contribution in [1.82, 2.24) is 0 Å². The fraction of sp³-hybridized carbons (Fsp3) is 0.481. The Balaban J connectivity index is 1.48. The predicted octanol–water partition coefficient (Wildman–Crippen LogP) is 9.81. The van der Waals surface area contributed by atoms with Crippen molar-refractivity contribution >= 4 is 31.4 Å². The number of quaternary nitrogens is 2. The summed E-state index contributed by atoms with van der Waals surface area (Å²) in [5.41, 5.74) is 17.0. The monoisotopic (exact) mass is 938 g/mol. The first kappa shape index (κ1) is 50.6. The van der Waals surface area contributed by atoms with E-state index in [2.05, 4.69) is 109 Å². The minimum absolute atomic E-state index is 0.115. The van der Waals surface area contributed by atoms with Gasteiger partial charge in [0.2, 0.25) is 5.69 Å². The summed E-state index contributed by atoms with van der Waals surface area (Å²) in [5.74, 6) is 1.57. The Hall–Kier alpha value is -4.82. The fourth-order valence-corrected chi connectivity index (χ4v) is 11.0. The van der Waals surface area contributed by atoms with E-state index >= 15 is 0 Å². The van der Waals surface area contributed by atoms with Crippen molar-refractivity contribution < 1.29 is 39.7 Å². The molecule has 3 aromatic carbocycles. The molecule has 0 N–H and O–H groups in total. The molecule has 0 bridgehead atoms. The van der Waals surface area contributed by atoms with Crippen molar-refractivity contribution in [1.29, 1.82) is 0 Å². The fourth-order valence-electron chi connectivity index (χ4n) is 9.82. The number of rotatable bonds is 18. The van der Waals surface area contributed by atoms with Gasteiger partial charge in [0.05, 0.1) is 77.0 Å². The number of benzene rings is 3. The van der Waals surface area contributed by atoms with E-state index in [1.807, 2.05) is 36.4 Å². The molecule has 1 atom stereocenters. The second-order valence-electron chi connectivity index (χ2n) is 21.3. The quantitative estimate of drug-likeness (QED) is 0.0309. The van der Waals surface area contributed by atoms with E-state index in [0.717, 1.165) is 106 Å². The molecule has 0 aromatic heterocycles. The molecule has 0 fully saturated rings. The molecule has 66 heavy (non-hydrogen) atoms. The zero-order valence-electron chi connectivity index (χ0n) is 40.9. The Labute approximate surface area is 394 Å². The molecule has 3 aliphatic rings. The average Bonchev–Trinajstić information content (AvgIpc) is 3.56. The van der Waals surface area contributed by atoms with Crippen LogP contribution in [0.2, 0.25) is 0 Å². The topological polar surface area (TPSA) is 152 Å². The van der Waals surface area contributed by atoms with Crippen LogP contribution in [0.25, 0.3) is 10.4 Å². The summed E-state index contributed by atoms with van der Waals surface area (Å²) in [5, 5.41) is 3.70. The van der Waals surface area contributed by atoms with E-state index in [-0.39, 0.29) is 10.8 Å². The van der Waals surface area contributed by atoms with Gasteiger partial charge in [-0.2, -0.15) is 4.58 Å². The molecule has 3 aromatic rings. The maximum atomic E-state index is 12.8. The van der Waals surface area contributed by atoms with Crippen LogP contribution in [0.3, 0.4) is 0 Å². The van der Waals surface area contributed by atoms with Crippen molar-refractivity contribution in [2.45, 2.75) is 99.2 Å². The Bertz CT molecular complexity index is 2780. The summed E-state index contributed by atoms with van der Waals surface area (Å²) in [6.45, 7) is 11.6. The van der Waals surface area contributed by atoms with Crippen molar-refractivity contribution in [2.75, 3.05) is 74.7 Å². The van der Waals surface area contributed by atoms with Gasteiger partial charge in [-0.1, -0.05) is 54.9 Å². The molecule has 354 valence electrons. The summed E-state index contributed by atoms with van der Waals surface area (Å²) >= 11 is 0. The SMILES string of the molecule is CC1(C)C(/C=C/C2=C(Oc3ccc(CCN=[N+]=[N-])cc3)C(=C/C=C3/C(CCC[N+](C)(C)C)c4ccc(S(C)(=O)=O)cc4C3(C)C)/CCC2)=[N+](CCC[N+](C)(C)C)c2ccc(S(=O)(=O)[O-])cc21. The number of allylic oxidation sites excluding steroid dienone is 7. The number of hydrogen-bond donors (Lipinski definition) is 0. The standard InChI is InChI=1S/C52H70N6O6S2/c1-51(2)45(43(17-13-33-57(5,6)7)44-26-24-41(35-46(44)51)65(11,59)60)27-20-38-15-12-16-39(50(38)64-40-22-18-37(19-23-40)30-31-54-55-53)21-29-49-52(3,4)47-36-42(66(61,62)63)25-28-48(47)56(49)32-14-34-58(8,9)10/h18-29,35-36,43H,12-17,30-34H2,1-11H3/q+2/b29-21+,38-20+,45-27-. The van der Waals surface area contributed by atoms with Crippen LogP contribution in [0.4, 0.5) is 5.69 Å². The third-order valence-corrected chi connectivity index (χ3v) is 15.3. The highest BCUT2D eigenvalue weighted by Crippen LogP contribution is 2.53. The third-order valence-electron chi connectivity index (χ3n) is 13.4. The zero-order valence-corrected chi connectivity index (χ0v) is 42.5. The molecule has 0 amide bonds. The van der Waals surface area contributed by atoms with Gasteiger partial charge in [0, 0.05) is 46.8 Å². The van der Waals surface area contributed by atoms with Crippen molar-refractivity contribution in [3.63, 3.8) is 0 Å². The molecule has 0 spiro atoms. The summed E-state index contributed by atoms with van der Waals surface area (Å²) in [7, 11) is 5.05. The molecule has 0 saturated carbocycles. The lowest BCUT2D eigenvalue weighted by molar-refractivity contribution is -0.871. The molecule has 0 radical (unpaired) electrons. The van der Waals surface area contributed by atoms with Crippen LogP contribution in [0.15, 0.2) is 122 Å². The Kier molecular flexibility index (Phi) is 14.9. The van der Waals surface area contributed by atoms with Crippen LogP contribution in [0.5, 0.6) is 5.75 Å². The highest BCUT2D eigenvalue weighted by atomic mass is 32.2. The highest BCUT2D eigenvalue weighted by Gasteiger charge is 2.45. The largest absolute Gasteiger partial charge is 0.744 e. The molecular weight excluding hydrogens is 869 g/mol. The smallest absolute Gasteiger partial charge is 0.209 e. The number of nitrogens with zero attached hydrogens (tertiary/aromatic N) is 6. The van der Waals surface area contributed by atoms with E-state index in [1.165, 1.54) is 23.5 Å². The molecule has 2 aliphatic carbocycles. The minimum atomic E-state index is -4.66. The highest BCUT2D eigenvalue weighted by molar-refractivity contribution is 7.90. The van der Waals surface area contributed by atoms with Gasteiger partial charge in [-0.05, 0) is 128 Å². The molecular formula is C52H70N6O6S2+2. The van der Waals surface area contributed by atoms with Gasteiger partial charge in [0.15, 0.2) is 22.1 Å². The molecule has 1 aliphatic heterocycles. The van der Waals surface area contributed by atoms with E-state index in [0.29, 0.717) is 30.2 Å². The first-order valence-corrected chi connectivity index (χ1v) is 26.3. The lowest BCUT2D eigenvalue weighted by Gasteiger charge is -2.27. The number of azide groups is 1. The number of sulfone groups is 1. The van der Waals surface area contributed by atoms with Gasteiger partial charge in [-0.25, -0.2) is 16.8 Å². The molecule has 0 saturated heterocycles. The van der Waals surface area contributed by atoms with Gasteiger partial charge in [0.25, 0.3) is 0 Å². The van der Waals surface area contributed by atoms with E-state index in [4.69, 9.17) is 10.3 Å². The van der Waals surface area contributed by atoms with Crippen molar-refractivity contribution in [3.8, 4) is 5.75 Å². The lowest BCUT2D eigenvalue weighted by atomic mass is 9.79. The van der Waals surface area contributed by atoms with Crippen LogP contribution in [0.1, 0.15) is 94.4 Å². The third kappa shape index (κ3) is 11.8. The van der Waals surface area contributed by atoms with Gasteiger partial charge in [-0.15, -0.1) is 0 Å². The van der Waals surface area contributed by atoms with Crippen molar-refractivity contribution in [2.24, 2.45) is 5.11 Å².